The molecule has 0 unspecified atom stereocenters. The smallest absolute Gasteiger partial charge is 0.374 e. The van der Waals surface area contributed by atoms with Crippen molar-refractivity contribution >= 4 is 7.82 Å². The zero-order valence-corrected chi connectivity index (χ0v) is 18.4. The summed E-state index contributed by atoms with van der Waals surface area (Å²) in [4.78, 5) is 0. The number of hydrogen-bond acceptors (Lipinski definition) is 5. The normalized spacial score (nSPS) is 32.6. The minimum Gasteiger partial charge on any atom is -0.374 e. The lowest BCUT2D eigenvalue weighted by molar-refractivity contribution is -0.0415. The summed E-state index contributed by atoms with van der Waals surface area (Å²) >= 11 is 0. The maximum absolute atomic E-state index is 13.4. The first-order valence-electron chi connectivity index (χ1n) is 10.5. The Morgan fingerprint density at radius 3 is 2.72 bits per heavy atom. The number of allylic oxidation sites excluding steroid dienone is 1. The van der Waals surface area contributed by atoms with Gasteiger partial charge < -0.3 is 4.74 Å². The molecule has 0 aromatic heterocycles. The molecule has 1 fully saturated rings. The van der Waals surface area contributed by atoms with Crippen LogP contribution in [0.25, 0.3) is 0 Å². The molecule has 2 aliphatic heterocycles. The van der Waals surface area contributed by atoms with Crippen LogP contribution in [0.1, 0.15) is 57.9 Å². The van der Waals surface area contributed by atoms with Gasteiger partial charge in [-0.3, -0.25) is 13.6 Å². The molecular weight excluding hydrogens is 387 g/mol. The molecular formula is C23H33O5P. The highest BCUT2D eigenvalue weighted by molar-refractivity contribution is 7.48. The Kier molecular flexibility index (Phi) is 8.28. The molecule has 6 heteroatoms. The summed E-state index contributed by atoms with van der Waals surface area (Å²) in [6.45, 7) is 8.88. The molecule has 0 aliphatic carbocycles. The molecule has 4 atom stereocenters. The zero-order valence-electron chi connectivity index (χ0n) is 17.5. The van der Waals surface area contributed by atoms with Gasteiger partial charge >= 0.3 is 7.82 Å². The van der Waals surface area contributed by atoms with E-state index in [0.29, 0.717) is 26.1 Å². The molecule has 0 amide bonds. The average molecular weight is 420 g/mol. The Morgan fingerprint density at radius 1 is 1.21 bits per heavy atom. The largest absolute Gasteiger partial charge is 0.475 e. The predicted molar refractivity (Wildman–Crippen MR) is 115 cm³/mol. The van der Waals surface area contributed by atoms with E-state index >= 15 is 0 Å². The molecule has 1 saturated heterocycles. The number of rotatable bonds is 6. The van der Waals surface area contributed by atoms with Crippen molar-refractivity contribution in [3.05, 3.63) is 59.7 Å². The van der Waals surface area contributed by atoms with Gasteiger partial charge in [0, 0.05) is 6.42 Å². The van der Waals surface area contributed by atoms with Crippen LogP contribution in [0.2, 0.25) is 0 Å². The van der Waals surface area contributed by atoms with E-state index in [1.807, 2.05) is 37.3 Å². The van der Waals surface area contributed by atoms with Crippen molar-refractivity contribution in [2.45, 2.75) is 77.3 Å². The molecule has 1 aromatic carbocycles. The fourth-order valence-electron chi connectivity index (χ4n) is 3.82. The van der Waals surface area contributed by atoms with Crippen LogP contribution in [-0.4, -0.2) is 24.9 Å². The van der Waals surface area contributed by atoms with E-state index in [1.165, 1.54) is 5.57 Å². The second kappa shape index (κ2) is 10.7. The molecule has 0 saturated carbocycles. The SMILES string of the molecule is C=C(C)C[C@@H]1C[C@H]2C/C(C)=C\CCC[C@H](COCc3ccccc3)O[P@@](=O)(O1)O2. The first-order chi connectivity index (χ1) is 13.9. The number of phosphoric ester groups is 1. The average Bonchev–Trinajstić information content (AvgIpc) is 2.65. The Labute approximate surface area is 174 Å². The van der Waals surface area contributed by atoms with E-state index in [-0.39, 0.29) is 18.3 Å². The van der Waals surface area contributed by atoms with Crippen LogP contribution in [0.3, 0.4) is 0 Å². The van der Waals surface area contributed by atoms with Crippen molar-refractivity contribution in [1.82, 2.24) is 0 Å². The van der Waals surface area contributed by atoms with E-state index in [0.717, 1.165) is 36.8 Å². The molecule has 2 heterocycles. The minimum absolute atomic E-state index is 0.167. The van der Waals surface area contributed by atoms with Crippen molar-refractivity contribution in [2.75, 3.05) is 6.61 Å². The topological polar surface area (TPSA) is 54.0 Å². The third kappa shape index (κ3) is 7.51. The lowest BCUT2D eigenvalue weighted by atomic mass is 9.99. The van der Waals surface area contributed by atoms with Gasteiger partial charge in [-0.25, -0.2) is 4.57 Å². The molecule has 0 radical (unpaired) electrons. The second-order valence-electron chi connectivity index (χ2n) is 8.21. The Bertz CT molecular complexity index is 745. The summed E-state index contributed by atoms with van der Waals surface area (Å²) in [5, 5.41) is 0. The summed E-state index contributed by atoms with van der Waals surface area (Å²) in [5.74, 6) is 0. The first-order valence-corrected chi connectivity index (χ1v) is 11.9. The zero-order chi connectivity index (χ0) is 20.7. The molecule has 0 spiro atoms. The van der Waals surface area contributed by atoms with Gasteiger partial charge in [-0.1, -0.05) is 47.6 Å². The Hall–Kier alpha value is -1.23. The maximum Gasteiger partial charge on any atom is 0.475 e. The van der Waals surface area contributed by atoms with Crippen LogP contribution in [-0.2, 0) is 29.5 Å². The van der Waals surface area contributed by atoms with Gasteiger partial charge in [0.05, 0.1) is 31.5 Å². The number of fused-ring (bicyclic) bond motifs is 2. The van der Waals surface area contributed by atoms with Gasteiger partial charge in [0.25, 0.3) is 0 Å². The van der Waals surface area contributed by atoms with Crippen LogP contribution in [0, 0.1) is 0 Å². The van der Waals surface area contributed by atoms with Crippen molar-refractivity contribution in [3.8, 4) is 0 Å². The molecule has 2 bridgehead atoms. The van der Waals surface area contributed by atoms with Crippen molar-refractivity contribution < 1.29 is 22.9 Å². The van der Waals surface area contributed by atoms with Gasteiger partial charge in [-0.2, -0.15) is 0 Å². The fourth-order valence-corrected chi connectivity index (χ4v) is 5.55. The van der Waals surface area contributed by atoms with E-state index in [2.05, 4.69) is 19.6 Å². The summed E-state index contributed by atoms with van der Waals surface area (Å²) in [6.07, 6.45) is 6.31. The standard InChI is InChI=1S/C23H33O5P/c1-18(2)13-22-15-23-14-19(3)9-7-8-12-21(26-29(24,27-22)28-23)17-25-16-20-10-5-4-6-11-20/h4-6,9-11,21-23H,1,7-8,12-17H2,2-3H3/b19-9-/t21-,22-,23-,29+/m1/s1. The lowest BCUT2D eigenvalue weighted by Crippen LogP contribution is -2.31. The third-order valence-corrected chi connectivity index (χ3v) is 6.79. The third-order valence-electron chi connectivity index (χ3n) is 5.12. The van der Waals surface area contributed by atoms with Gasteiger partial charge in [0.2, 0.25) is 0 Å². The maximum atomic E-state index is 13.4. The van der Waals surface area contributed by atoms with Gasteiger partial charge in [0.1, 0.15) is 0 Å². The molecule has 5 nitrogen and oxygen atoms in total. The Balaban J connectivity index is 1.68. The van der Waals surface area contributed by atoms with Crippen LogP contribution >= 0.6 is 7.82 Å². The minimum atomic E-state index is -3.66. The summed E-state index contributed by atoms with van der Waals surface area (Å²) < 4.78 is 36.9. The summed E-state index contributed by atoms with van der Waals surface area (Å²) in [6, 6.07) is 10.00. The highest BCUT2D eigenvalue weighted by Crippen LogP contribution is 2.58. The molecule has 1 aromatic rings. The molecule has 2 aliphatic rings. The van der Waals surface area contributed by atoms with Crippen molar-refractivity contribution in [1.29, 1.82) is 0 Å². The molecule has 29 heavy (non-hydrogen) atoms. The molecule has 3 rings (SSSR count). The predicted octanol–water partition coefficient (Wildman–Crippen LogP) is 6.36. The summed E-state index contributed by atoms with van der Waals surface area (Å²) in [5.41, 5.74) is 3.36. The highest BCUT2D eigenvalue weighted by Gasteiger charge is 2.42. The van der Waals surface area contributed by atoms with Crippen LogP contribution < -0.4 is 0 Å². The molecule has 160 valence electrons. The number of hydrogen-bond donors (Lipinski definition) is 0. The van der Waals surface area contributed by atoms with Gasteiger partial charge in [-0.05, 0) is 51.5 Å². The van der Waals surface area contributed by atoms with Gasteiger partial charge in [0.15, 0.2) is 0 Å². The van der Waals surface area contributed by atoms with Crippen LogP contribution in [0.5, 0.6) is 0 Å². The summed E-state index contributed by atoms with van der Waals surface area (Å²) in [7, 11) is -3.66. The van der Waals surface area contributed by atoms with Crippen LogP contribution in [0.4, 0.5) is 0 Å². The first kappa shape index (κ1) is 22.5. The van der Waals surface area contributed by atoms with Crippen LogP contribution in [0.15, 0.2) is 54.1 Å². The number of phosphoric acid groups is 1. The number of benzene rings is 1. The van der Waals surface area contributed by atoms with E-state index in [4.69, 9.17) is 18.3 Å². The van der Waals surface area contributed by atoms with E-state index < -0.39 is 7.82 Å². The number of ether oxygens (including phenoxy) is 1. The fraction of sp³-hybridized carbons (Fsp3) is 0.565. The second-order valence-corrected chi connectivity index (χ2v) is 9.74. The van der Waals surface area contributed by atoms with E-state index in [9.17, 15) is 4.57 Å². The highest BCUT2D eigenvalue weighted by atomic mass is 31.2. The lowest BCUT2D eigenvalue weighted by Gasteiger charge is -2.36. The van der Waals surface area contributed by atoms with Crippen molar-refractivity contribution in [2.24, 2.45) is 0 Å². The molecule has 0 N–H and O–H groups in total. The monoisotopic (exact) mass is 420 g/mol. The van der Waals surface area contributed by atoms with Gasteiger partial charge in [-0.15, -0.1) is 6.58 Å². The van der Waals surface area contributed by atoms with Crippen molar-refractivity contribution in [3.63, 3.8) is 0 Å². The van der Waals surface area contributed by atoms with E-state index in [1.54, 1.807) is 0 Å². The quantitative estimate of drug-likeness (QED) is 0.396. The Morgan fingerprint density at radius 2 is 1.97 bits per heavy atom.